The van der Waals surface area contributed by atoms with Crippen LogP contribution in [0.2, 0.25) is 0 Å². The normalized spacial score (nSPS) is 20.6. The van der Waals surface area contributed by atoms with Crippen LogP contribution in [0.25, 0.3) is 0 Å². The monoisotopic (exact) mass is 449 g/mol. The lowest BCUT2D eigenvalue weighted by atomic mass is 10.00. The minimum Gasteiger partial charge on any atom is -0.390 e. The Labute approximate surface area is 196 Å². The first kappa shape index (κ1) is 22.2. The second-order valence-electron chi connectivity index (χ2n) is 9.62. The van der Waals surface area contributed by atoms with E-state index in [1.54, 1.807) is 0 Å². The number of carbonyl (C=O) groups excluding carboxylic acids is 1. The summed E-state index contributed by atoms with van der Waals surface area (Å²) in [7, 11) is 0. The number of aliphatic hydroxyl groups excluding tert-OH is 1. The van der Waals surface area contributed by atoms with E-state index in [1.807, 2.05) is 17.3 Å². The van der Waals surface area contributed by atoms with Crippen molar-refractivity contribution in [2.75, 3.05) is 62.2 Å². The van der Waals surface area contributed by atoms with Gasteiger partial charge >= 0.3 is 0 Å². The molecule has 0 aliphatic carbocycles. The number of anilines is 2. The number of nitrogens with zero attached hydrogens (tertiary/aromatic N) is 5. The zero-order valence-corrected chi connectivity index (χ0v) is 19.4. The smallest absolute Gasteiger partial charge is 0.242 e. The predicted molar refractivity (Wildman–Crippen MR) is 131 cm³/mol. The Kier molecular flexibility index (Phi) is 6.78. The summed E-state index contributed by atoms with van der Waals surface area (Å²) in [5.41, 5.74) is 4.92. The molecule has 1 atom stereocenters. The van der Waals surface area contributed by atoms with Crippen LogP contribution in [0, 0.1) is 0 Å². The summed E-state index contributed by atoms with van der Waals surface area (Å²) in [6.07, 6.45) is 8.04. The molecule has 7 heteroatoms. The van der Waals surface area contributed by atoms with E-state index in [0.717, 1.165) is 50.5 Å². The number of hydrogen-bond acceptors (Lipinski definition) is 6. The van der Waals surface area contributed by atoms with Crippen LogP contribution in [0.4, 0.5) is 11.4 Å². The molecule has 2 saturated heterocycles. The van der Waals surface area contributed by atoms with Gasteiger partial charge in [-0.2, -0.15) is 0 Å². The van der Waals surface area contributed by atoms with Crippen LogP contribution in [0.1, 0.15) is 30.4 Å². The Bertz CT molecular complexity index is 961. The van der Waals surface area contributed by atoms with E-state index < -0.39 is 6.10 Å². The highest BCUT2D eigenvalue weighted by Gasteiger charge is 2.27. The molecular formula is C26H35N5O2. The van der Waals surface area contributed by atoms with Crippen LogP contribution >= 0.6 is 0 Å². The number of pyridine rings is 1. The molecule has 0 bridgehead atoms. The van der Waals surface area contributed by atoms with Gasteiger partial charge in [-0.25, -0.2) is 0 Å². The van der Waals surface area contributed by atoms with E-state index in [9.17, 15) is 9.90 Å². The second kappa shape index (κ2) is 10.1. The lowest BCUT2D eigenvalue weighted by Crippen LogP contribution is -2.53. The van der Waals surface area contributed by atoms with E-state index in [-0.39, 0.29) is 5.91 Å². The number of rotatable bonds is 6. The molecule has 0 radical (unpaired) electrons. The van der Waals surface area contributed by atoms with Crippen molar-refractivity contribution in [3.63, 3.8) is 0 Å². The molecule has 2 aromatic rings. The van der Waals surface area contributed by atoms with Gasteiger partial charge in [-0.15, -0.1) is 0 Å². The van der Waals surface area contributed by atoms with Gasteiger partial charge in [-0.3, -0.25) is 14.7 Å². The lowest BCUT2D eigenvalue weighted by Gasteiger charge is -2.38. The molecule has 7 nitrogen and oxygen atoms in total. The molecule has 3 aliphatic rings. The molecule has 5 rings (SSSR count). The summed E-state index contributed by atoms with van der Waals surface area (Å²) in [5, 5.41) is 10.7. The van der Waals surface area contributed by atoms with Crippen LogP contribution in [-0.4, -0.2) is 84.3 Å². The van der Waals surface area contributed by atoms with Gasteiger partial charge in [0.25, 0.3) is 0 Å². The van der Waals surface area contributed by atoms with E-state index in [0.29, 0.717) is 26.2 Å². The zero-order valence-electron chi connectivity index (χ0n) is 19.4. The van der Waals surface area contributed by atoms with Crippen molar-refractivity contribution in [3.8, 4) is 0 Å². The molecule has 1 unspecified atom stereocenters. The zero-order chi connectivity index (χ0) is 22.6. The minimum atomic E-state index is -0.533. The van der Waals surface area contributed by atoms with Crippen LogP contribution in [0.15, 0.2) is 42.7 Å². The third kappa shape index (κ3) is 5.31. The van der Waals surface area contributed by atoms with Crippen molar-refractivity contribution < 1.29 is 9.90 Å². The topological polar surface area (TPSA) is 63.2 Å². The lowest BCUT2D eigenvalue weighted by molar-refractivity contribution is -0.132. The molecule has 4 heterocycles. The fourth-order valence-electron chi connectivity index (χ4n) is 5.36. The Balaban J connectivity index is 1.13. The summed E-state index contributed by atoms with van der Waals surface area (Å²) in [4.78, 5) is 26.0. The van der Waals surface area contributed by atoms with Crippen LogP contribution in [-0.2, 0) is 17.8 Å². The molecule has 33 heavy (non-hydrogen) atoms. The SMILES string of the molecule is O=C1CN(c2cncc(N3CCCCC3)c2)CCN1CC(O)CN1CCc2ccccc2C1. The van der Waals surface area contributed by atoms with Gasteiger partial charge in [0.2, 0.25) is 5.91 Å². The number of amides is 1. The number of β-amino-alcohol motifs (C(OH)–C–C–N with tert-alkyl or cyclic N) is 1. The third-order valence-electron chi connectivity index (χ3n) is 7.22. The quantitative estimate of drug-likeness (QED) is 0.729. The number of benzene rings is 1. The first-order valence-corrected chi connectivity index (χ1v) is 12.4. The van der Waals surface area contributed by atoms with Crippen molar-refractivity contribution >= 4 is 17.3 Å². The van der Waals surface area contributed by atoms with E-state index in [1.165, 1.54) is 30.4 Å². The first-order chi connectivity index (χ1) is 16.2. The number of carbonyl (C=O) groups is 1. The first-order valence-electron chi connectivity index (χ1n) is 12.4. The van der Waals surface area contributed by atoms with Gasteiger partial charge in [0.1, 0.15) is 0 Å². The average molecular weight is 450 g/mol. The average Bonchev–Trinajstić information content (AvgIpc) is 2.86. The molecule has 1 aromatic carbocycles. The third-order valence-corrected chi connectivity index (χ3v) is 7.22. The maximum Gasteiger partial charge on any atom is 0.242 e. The molecular weight excluding hydrogens is 414 g/mol. The Hall–Kier alpha value is -2.64. The number of piperazine rings is 1. The minimum absolute atomic E-state index is 0.0765. The number of fused-ring (bicyclic) bond motifs is 1. The van der Waals surface area contributed by atoms with Gasteiger partial charge in [0.05, 0.1) is 36.4 Å². The largest absolute Gasteiger partial charge is 0.390 e. The number of piperidine rings is 1. The highest BCUT2D eigenvalue weighted by molar-refractivity contribution is 5.83. The van der Waals surface area contributed by atoms with Gasteiger partial charge in [-0.05, 0) is 42.9 Å². The summed E-state index contributed by atoms with van der Waals surface area (Å²) < 4.78 is 0. The molecule has 176 valence electrons. The van der Waals surface area contributed by atoms with Crippen LogP contribution in [0.3, 0.4) is 0 Å². The maximum absolute atomic E-state index is 12.9. The molecule has 1 aromatic heterocycles. The molecule has 3 aliphatic heterocycles. The Morgan fingerprint density at radius 1 is 0.848 bits per heavy atom. The van der Waals surface area contributed by atoms with Crippen molar-refractivity contribution in [1.82, 2.24) is 14.8 Å². The van der Waals surface area contributed by atoms with Crippen molar-refractivity contribution in [2.24, 2.45) is 0 Å². The molecule has 0 spiro atoms. The van der Waals surface area contributed by atoms with E-state index >= 15 is 0 Å². The summed E-state index contributed by atoms with van der Waals surface area (Å²) >= 11 is 0. The Morgan fingerprint density at radius 2 is 1.61 bits per heavy atom. The number of aliphatic hydroxyl groups is 1. The van der Waals surface area contributed by atoms with Gasteiger partial charge in [0, 0.05) is 52.4 Å². The van der Waals surface area contributed by atoms with Crippen LogP contribution < -0.4 is 9.80 Å². The summed E-state index contributed by atoms with van der Waals surface area (Å²) in [5.74, 6) is 0.0765. The van der Waals surface area contributed by atoms with Gasteiger partial charge in [-0.1, -0.05) is 24.3 Å². The van der Waals surface area contributed by atoms with E-state index in [2.05, 4.69) is 50.0 Å². The van der Waals surface area contributed by atoms with E-state index in [4.69, 9.17) is 0 Å². The van der Waals surface area contributed by atoms with Crippen molar-refractivity contribution in [2.45, 2.75) is 38.3 Å². The molecule has 0 saturated carbocycles. The number of hydrogen-bond donors (Lipinski definition) is 1. The fourth-order valence-corrected chi connectivity index (χ4v) is 5.36. The predicted octanol–water partition coefficient (Wildman–Crippen LogP) is 2.14. The highest BCUT2D eigenvalue weighted by atomic mass is 16.3. The van der Waals surface area contributed by atoms with Crippen LogP contribution in [0.5, 0.6) is 0 Å². The van der Waals surface area contributed by atoms with Gasteiger partial charge < -0.3 is 19.8 Å². The Morgan fingerprint density at radius 3 is 2.39 bits per heavy atom. The molecule has 1 amide bonds. The maximum atomic E-state index is 12.9. The standard InChI is InChI=1S/C26H35N5O2/c32-25(18-28-11-8-21-6-2-3-7-22(21)17-28)19-31-13-12-30(20-26(31)33)24-14-23(15-27-16-24)29-9-4-1-5-10-29/h2-3,6-7,14-16,25,32H,1,4-5,8-13,17-20H2. The summed E-state index contributed by atoms with van der Waals surface area (Å²) in [6, 6.07) is 10.7. The van der Waals surface area contributed by atoms with Crippen molar-refractivity contribution in [3.05, 3.63) is 53.9 Å². The molecule has 2 fully saturated rings. The second-order valence-corrected chi connectivity index (χ2v) is 9.62. The van der Waals surface area contributed by atoms with Crippen molar-refractivity contribution in [1.29, 1.82) is 0 Å². The highest BCUT2D eigenvalue weighted by Crippen LogP contribution is 2.25. The fraction of sp³-hybridized carbons (Fsp3) is 0.538. The number of aromatic nitrogens is 1. The molecule has 1 N–H and O–H groups in total. The summed E-state index contributed by atoms with van der Waals surface area (Å²) in [6.45, 7) is 6.73. The van der Waals surface area contributed by atoms with Gasteiger partial charge in [0.15, 0.2) is 0 Å².